The second kappa shape index (κ2) is 6.44. The molecular formula is C17H23N. The Hall–Kier alpha value is -1.50. The molecule has 2 aliphatic rings. The van der Waals surface area contributed by atoms with Gasteiger partial charge in [0.2, 0.25) is 0 Å². The Morgan fingerprint density at radius 2 is 2.17 bits per heavy atom. The van der Waals surface area contributed by atoms with Crippen molar-refractivity contribution in [2.45, 2.75) is 45.6 Å². The second-order valence-corrected chi connectivity index (χ2v) is 5.06. The van der Waals surface area contributed by atoms with Gasteiger partial charge in [0.25, 0.3) is 0 Å². The third-order valence-corrected chi connectivity index (χ3v) is 3.45. The lowest BCUT2D eigenvalue weighted by Crippen LogP contribution is -2.27. The third-order valence-electron chi connectivity index (χ3n) is 3.45. The lowest BCUT2D eigenvalue weighted by molar-refractivity contribution is 0.670. The summed E-state index contributed by atoms with van der Waals surface area (Å²) in [6.45, 7) is 4.43. The highest BCUT2D eigenvalue weighted by molar-refractivity contribution is 5.33. The number of nitrogens with one attached hydrogen (secondary N) is 1. The number of hydrogen-bond donors (Lipinski definition) is 1. The Morgan fingerprint density at radius 1 is 1.28 bits per heavy atom. The molecule has 1 nitrogen and oxygen atoms in total. The van der Waals surface area contributed by atoms with Gasteiger partial charge in [-0.15, -0.1) is 0 Å². The van der Waals surface area contributed by atoms with Crippen LogP contribution in [-0.2, 0) is 0 Å². The summed E-state index contributed by atoms with van der Waals surface area (Å²) in [4.78, 5) is 0. The molecule has 1 unspecified atom stereocenters. The Labute approximate surface area is 111 Å². The van der Waals surface area contributed by atoms with Crippen LogP contribution in [0.1, 0.15) is 39.5 Å². The van der Waals surface area contributed by atoms with Gasteiger partial charge in [0.15, 0.2) is 0 Å². The van der Waals surface area contributed by atoms with E-state index in [0.29, 0.717) is 6.04 Å². The Kier molecular flexibility index (Phi) is 4.63. The molecule has 0 saturated heterocycles. The van der Waals surface area contributed by atoms with Crippen LogP contribution in [-0.4, -0.2) is 6.04 Å². The van der Waals surface area contributed by atoms with Gasteiger partial charge in [0.1, 0.15) is 0 Å². The average molecular weight is 241 g/mol. The largest absolute Gasteiger partial charge is 0.379 e. The van der Waals surface area contributed by atoms with Crippen molar-refractivity contribution in [3.63, 3.8) is 0 Å². The van der Waals surface area contributed by atoms with Crippen molar-refractivity contribution >= 4 is 0 Å². The molecule has 0 radical (unpaired) electrons. The minimum atomic E-state index is 0.443. The average Bonchev–Trinajstić information content (AvgIpc) is 2.58. The summed E-state index contributed by atoms with van der Waals surface area (Å²) in [5.41, 5.74) is 4.18. The van der Waals surface area contributed by atoms with Crippen molar-refractivity contribution in [1.82, 2.24) is 5.32 Å². The third kappa shape index (κ3) is 3.49. The number of hydrogen-bond acceptors (Lipinski definition) is 1. The number of allylic oxidation sites excluding steroid dienone is 7. The van der Waals surface area contributed by atoms with Gasteiger partial charge in [-0.1, -0.05) is 55.4 Å². The van der Waals surface area contributed by atoms with E-state index >= 15 is 0 Å². The van der Waals surface area contributed by atoms with E-state index in [0.717, 1.165) is 12.8 Å². The van der Waals surface area contributed by atoms with E-state index in [2.05, 4.69) is 61.7 Å². The minimum absolute atomic E-state index is 0.443. The molecule has 0 amide bonds. The lowest BCUT2D eigenvalue weighted by atomic mass is 9.99. The van der Waals surface area contributed by atoms with E-state index in [-0.39, 0.29) is 0 Å². The molecule has 1 heteroatoms. The van der Waals surface area contributed by atoms with Crippen LogP contribution in [0, 0.1) is 0 Å². The SMILES string of the molecule is CCCC1=CCC(NC2=C(C)CC=CC=C2)C=C1. The molecule has 0 aromatic heterocycles. The van der Waals surface area contributed by atoms with Crippen LogP contribution >= 0.6 is 0 Å². The number of rotatable bonds is 4. The normalized spacial score (nSPS) is 23.0. The minimum Gasteiger partial charge on any atom is -0.379 e. The second-order valence-electron chi connectivity index (χ2n) is 5.06. The fourth-order valence-electron chi connectivity index (χ4n) is 2.34. The molecule has 2 aliphatic carbocycles. The molecule has 0 spiro atoms. The predicted octanol–water partition coefficient (Wildman–Crippen LogP) is 4.42. The van der Waals surface area contributed by atoms with Crippen molar-refractivity contribution < 1.29 is 0 Å². The zero-order chi connectivity index (χ0) is 12.8. The Balaban J connectivity index is 1.95. The zero-order valence-electron chi connectivity index (χ0n) is 11.4. The van der Waals surface area contributed by atoms with E-state index in [9.17, 15) is 0 Å². The molecule has 0 aromatic carbocycles. The van der Waals surface area contributed by atoms with Gasteiger partial charge in [-0.2, -0.15) is 0 Å². The Morgan fingerprint density at radius 3 is 2.89 bits per heavy atom. The van der Waals surface area contributed by atoms with E-state index in [1.165, 1.54) is 29.7 Å². The van der Waals surface area contributed by atoms with Crippen molar-refractivity contribution in [3.8, 4) is 0 Å². The summed E-state index contributed by atoms with van der Waals surface area (Å²) >= 11 is 0. The van der Waals surface area contributed by atoms with Crippen LogP contribution in [0.25, 0.3) is 0 Å². The molecule has 96 valence electrons. The molecule has 1 atom stereocenters. The van der Waals surface area contributed by atoms with Crippen LogP contribution in [0.4, 0.5) is 0 Å². The van der Waals surface area contributed by atoms with Gasteiger partial charge in [-0.25, -0.2) is 0 Å². The quantitative estimate of drug-likeness (QED) is 0.768. The van der Waals surface area contributed by atoms with Crippen molar-refractivity contribution in [3.05, 3.63) is 59.4 Å². The van der Waals surface area contributed by atoms with Crippen LogP contribution in [0.3, 0.4) is 0 Å². The first kappa shape index (κ1) is 12.9. The highest BCUT2D eigenvalue weighted by Gasteiger charge is 2.10. The van der Waals surface area contributed by atoms with Crippen molar-refractivity contribution in [2.24, 2.45) is 0 Å². The zero-order valence-corrected chi connectivity index (χ0v) is 11.4. The van der Waals surface area contributed by atoms with Gasteiger partial charge in [-0.3, -0.25) is 0 Å². The van der Waals surface area contributed by atoms with Gasteiger partial charge in [0.05, 0.1) is 0 Å². The summed E-state index contributed by atoms with van der Waals surface area (Å²) in [5.74, 6) is 0. The summed E-state index contributed by atoms with van der Waals surface area (Å²) in [5, 5.41) is 3.63. The Bertz CT molecular complexity index is 433. The molecule has 1 N–H and O–H groups in total. The maximum Gasteiger partial charge on any atom is 0.0482 e. The van der Waals surface area contributed by atoms with Crippen LogP contribution < -0.4 is 5.32 Å². The first-order valence-electron chi connectivity index (χ1n) is 6.96. The van der Waals surface area contributed by atoms with Crippen LogP contribution in [0.2, 0.25) is 0 Å². The van der Waals surface area contributed by atoms with E-state index in [4.69, 9.17) is 0 Å². The maximum atomic E-state index is 3.63. The smallest absolute Gasteiger partial charge is 0.0482 e. The molecule has 0 heterocycles. The van der Waals surface area contributed by atoms with E-state index in [1.54, 1.807) is 0 Å². The van der Waals surface area contributed by atoms with Crippen LogP contribution in [0.15, 0.2) is 59.4 Å². The molecule has 0 aromatic rings. The van der Waals surface area contributed by atoms with Crippen LogP contribution in [0.5, 0.6) is 0 Å². The summed E-state index contributed by atoms with van der Waals surface area (Å²) < 4.78 is 0. The summed E-state index contributed by atoms with van der Waals surface area (Å²) in [6, 6.07) is 0.443. The monoisotopic (exact) mass is 241 g/mol. The van der Waals surface area contributed by atoms with Crippen molar-refractivity contribution in [1.29, 1.82) is 0 Å². The molecule has 0 aliphatic heterocycles. The fourth-order valence-corrected chi connectivity index (χ4v) is 2.34. The van der Waals surface area contributed by atoms with E-state index < -0.39 is 0 Å². The van der Waals surface area contributed by atoms with E-state index in [1.807, 2.05) is 0 Å². The lowest BCUT2D eigenvalue weighted by Gasteiger charge is -2.20. The predicted molar refractivity (Wildman–Crippen MR) is 79.3 cm³/mol. The topological polar surface area (TPSA) is 12.0 Å². The molecule has 0 saturated carbocycles. The molecule has 18 heavy (non-hydrogen) atoms. The molecule has 2 rings (SSSR count). The van der Waals surface area contributed by atoms with Gasteiger partial charge < -0.3 is 5.32 Å². The van der Waals surface area contributed by atoms with Crippen molar-refractivity contribution in [2.75, 3.05) is 0 Å². The highest BCUT2D eigenvalue weighted by Crippen LogP contribution is 2.18. The molecule has 0 bridgehead atoms. The van der Waals surface area contributed by atoms with Gasteiger partial charge in [-0.05, 0) is 37.8 Å². The maximum absolute atomic E-state index is 3.63. The van der Waals surface area contributed by atoms with Gasteiger partial charge in [0, 0.05) is 11.7 Å². The highest BCUT2D eigenvalue weighted by atomic mass is 14.9. The summed E-state index contributed by atoms with van der Waals surface area (Å²) in [7, 11) is 0. The van der Waals surface area contributed by atoms with Gasteiger partial charge >= 0.3 is 0 Å². The molecular weight excluding hydrogens is 218 g/mol. The first-order chi connectivity index (χ1) is 8.79. The summed E-state index contributed by atoms with van der Waals surface area (Å²) in [6.07, 6.45) is 20.1. The standard InChI is InChI=1S/C17H23N/c1-3-7-15-10-12-16(13-11-15)18-17-9-6-4-5-8-14(17)2/h4-6,9-12,16,18H,3,7-8,13H2,1-2H3. The molecule has 0 fully saturated rings. The fraction of sp³-hybridized carbons (Fsp3) is 0.412. The first-order valence-corrected chi connectivity index (χ1v) is 6.96.